The zero-order valence-electron chi connectivity index (χ0n) is 13.0. The molecule has 0 aromatic heterocycles. The maximum Gasteiger partial charge on any atom is 0.0917 e. The molecular weight excluding hydrogens is 264 g/mol. The average molecular weight is 292 g/mol. The van der Waals surface area contributed by atoms with Gasteiger partial charge in [-0.15, -0.1) is 0 Å². The summed E-state index contributed by atoms with van der Waals surface area (Å²) in [6.45, 7) is 7.40. The Hall–Kier alpha value is -0.940. The Morgan fingerprint density at radius 2 is 1.95 bits per heavy atom. The number of unbranched alkanes of at least 4 members (excludes halogenated alkanes) is 1. The van der Waals surface area contributed by atoms with Crippen LogP contribution in [0.5, 0.6) is 0 Å². The van der Waals surface area contributed by atoms with Crippen LogP contribution in [0.3, 0.4) is 0 Å². The summed E-state index contributed by atoms with van der Waals surface area (Å²) in [5.41, 5.74) is 0.995. The van der Waals surface area contributed by atoms with E-state index in [1.165, 1.54) is 0 Å². The summed E-state index contributed by atoms with van der Waals surface area (Å²) in [6.07, 6.45) is 1.55. The van der Waals surface area contributed by atoms with Crippen molar-refractivity contribution < 1.29 is 10.2 Å². The summed E-state index contributed by atoms with van der Waals surface area (Å²) in [7, 11) is 0. The summed E-state index contributed by atoms with van der Waals surface area (Å²) in [6, 6.07) is 10.4. The summed E-state index contributed by atoms with van der Waals surface area (Å²) in [4.78, 5) is 4.84. The Kier molecular flexibility index (Phi) is 6.64. The van der Waals surface area contributed by atoms with Crippen LogP contribution in [0.15, 0.2) is 30.3 Å². The van der Waals surface area contributed by atoms with Crippen LogP contribution in [0.25, 0.3) is 0 Å². The number of rotatable bonds is 7. The van der Waals surface area contributed by atoms with Gasteiger partial charge >= 0.3 is 0 Å². The predicted octanol–water partition coefficient (Wildman–Crippen LogP) is 1.50. The molecule has 1 aliphatic rings. The third-order valence-electron chi connectivity index (χ3n) is 4.32. The highest BCUT2D eigenvalue weighted by Gasteiger charge is 2.25. The highest BCUT2D eigenvalue weighted by Crippen LogP contribution is 2.18. The fraction of sp³-hybridized carbons (Fsp3) is 0.647. The summed E-state index contributed by atoms with van der Waals surface area (Å²) in [5.74, 6) is 0. The number of aliphatic hydroxyl groups excluding tert-OH is 2. The van der Waals surface area contributed by atoms with Gasteiger partial charge in [0.2, 0.25) is 0 Å². The molecule has 0 radical (unpaired) electrons. The average Bonchev–Trinajstić information content (AvgIpc) is 2.51. The molecule has 2 N–H and O–H groups in total. The quantitative estimate of drug-likeness (QED) is 0.748. The lowest BCUT2D eigenvalue weighted by Gasteiger charge is -2.40. The molecule has 1 aromatic rings. The maximum absolute atomic E-state index is 10.3. The Bertz CT molecular complexity index is 399. The van der Waals surface area contributed by atoms with Crippen LogP contribution < -0.4 is 0 Å². The Balaban J connectivity index is 1.78. The van der Waals surface area contributed by atoms with E-state index in [0.717, 1.165) is 44.6 Å². The van der Waals surface area contributed by atoms with Gasteiger partial charge in [0.05, 0.1) is 6.10 Å². The van der Waals surface area contributed by atoms with E-state index < -0.39 is 6.10 Å². The van der Waals surface area contributed by atoms with Gasteiger partial charge in [-0.3, -0.25) is 4.90 Å². The fourth-order valence-electron chi connectivity index (χ4n) is 2.99. The van der Waals surface area contributed by atoms with Crippen molar-refractivity contribution in [1.82, 2.24) is 9.80 Å². The molecule has 1 aliphatic heterocycles. The van der Waals surface area contributed by atoms with Gasteiger partial charge in [-0.2, -0.15) is 0 Å². The maximum atomic E-state index is 10.3. The van der Waals surface area contributed by atoms with E-state index in [1.807, 2.05) is 30.3 Å². The van der Waals surface area contributed by atoms with Crippen molar-refractivity contribution >= 4 is 0 Å². The summed E-state index contributed by atoms with van der Waals surface area (Å²) in [5, 5.41) is 19.2. The lowest BCUT2D eigenvalue weighted by Crippen LogP contribution is -2.52. The van der Waals surface area contributed by atoms with Crippen LogP contribution >= 0.6 is 0 Å². The van der Waals surface area contributed by atoms with Gasteiger partial charge in [-0.1, -0.05) is 30.3 Å². The summed E-state index contributed by atoms with van der Waals surface area (Å²) >= 11 is 0. The number of hydrogen-bond acceptors (Lipinski definition) is 4. The Labute approximate surface area is 128 Å². The van der Waals surface area contributed by atoms with E-state index in [0.29, 0.717) is 19.2 Å². The van der Waals surface area contributed by atoms with Crippen LogP contribution in [-0.2, 0) is 0 Å². The first-order valence-electron chi connectivity index (χ1n) is 8.01. The van der Waals surface area contributed by atoms with Gasteiger partial charge < -0.3 is 15.1 Å². The van der Waals surface area contributed by atoms with Gasteiger partial charge in [-0.25, -0.2) is 0 Å². The van der Waals surface area contributed by atoms with Crippen molar-refractivity contribution in [2.24, 2.45) is 0 Å². The zero-order valence-corrected chi connectivity index (χ0v) is 13.0. The molecule has 1 heterocycles. The molecule has 4 heteroatoms. The van der Waals surface area contributed by atoms with E-state index in [1.54, 1.807) is 0 Å². The van der Waals surface area contributed by atoms with E-state index in [2.05, 4.69) is 16.7 Å². The van der Waals surface area contributed by atoms with Crippen molar-refractivity contribution in [1.29, 1.82) is 0 Å². The minimum atomic E-state index is -0.408. The van der Waals surface area contributed by atoms with Gasteiger partial charge in [0.1, 0.15) is 0 Å². The number of β-amino-alcohol motifs (C(OH)–C–C–N with tert-alkyl or cyclic N) is 1. The molecule has 0 unspecified atom stereocenters. The minimum absolute atomic E-state index is 0.290. The van der Waals surface area contributed by atoms with Crippen molar-refractivity contribution in [2.75, 3.05) is 39.3 Å². The van der Waals surface area contributed by atoms with Crippen molar-refractivity contribution in [3.05, 3.63) is 35.9 Å². The molecule has 2 rings (SSSR count). The lowest BCUT2D eigenvalue weighted by atomic mass is 10.1. The van der Waals surface area contributed by atoms with Crippen LogP contribution in [-0.4, -0.2) is 65.4 Å². The number of piperazine rings is 1. The van der Waals surface area contributed by atoms with E-state index >= 15 is 0 Å². The third kappa shape index (κ3) is 5.08. The Morgan fingerprint density at radius 1 is 1.19 bits per heavy atom. The van der Waals surface area contributed by atoms with Gasteiger partial charge in [-0.05, 0) is 31.9 Å². The topological polar surface area (TPSA) is 46.9 Å². The fourth-order valence-corrected chi connectivity index (χ4v) is 2.99. The highest BCUT2D eigenvalue weighted by atomic mass is 16.3. The zero-order chi connectivity index (χ0) is 15.1. The largest absolute Gasteiger partial charge is 0.396 e. The summed E-state index contributed by atoms with van der Waals surface area (Å²) < 4.78 is 0. The van der Waals surface area contributed by atoms with E-state index in [9.17, 15) is 5.11 Å². The van der Waals surface area contributed by atoms with Crippen LogP contribution in [0.4, 0.5) is 0 Å². The first-order chi connectivity index (χ1) is 10.2. The molecule has 2 atom stereocenters. The minimum Gasteiger partial charge on any atom is -0.396 e. The molecule has 0 bridgehead atoms. The number of hydrogen-bond donors (Lipinski definition) is 2. The first kappa shape index (κ1) is 16.4. The second-order valence-corrected chi connectivity index (χ2v) is 6.00. The molecule has 21 heavy (non-hydrogen) atoms. The van der Waals surface area contributed by atoms with Crippen LogP contribution in [0, 0.1) is 0 Å². The predicted molar refractivity (Wildman–Crippen MR) is 85.2 cm³/mol. The molecule has 1 fully saturated rings. The first-order valence-corrected chi connectivity index (χ1v) is 8.01. The van der Waals surface area contributed by atoms with Gasteiger partial charge in [0.25, 0.3) is 0 Å². The number of nitrogens with zero attached hydrogens (tertiary/aromatic N) is 2. The van der Waals surface area contributed by atoms with Gasteiger partial charge in [0, 0.05) is 38.8 Å². The number of aliphatic hydroxyl groups is 2. The van der Waals surface area contributed by atoms with Crippen LogP contribution in [0.2, 0.25) is 0 Å². The third-order valence-corrected chi connectivity index (χ3v) is 4.32. The second-order valence-electron chi connectivity index (χ2n) is 6.00. The van der Waals surface area contributed by atoms with Crippen molar-refractivity contribution in [3.8, 4) is 0 Å². The molecule has 0 amide bonds. The van der Waals surface area contributed by atoms with E-state index in [4.69, 9.17) is 5.11 Å². The van der Waals surface area contributed by atoms with Crippen molar-refractivity contribution in [2.45, 2.75) is 31.9 Å². The molecular formula is C17H28N2O2. The van der Waals surface area contributed by atoms with Crippen molar-refractivity contribution in [3.63, 3.8) is 0 Å². The monoisotopic (exact) mass is 292 g/mol. The second kappa shape index (κ2) is 8.49. The number of benzene rings is 1. The highest BCUT2D eigenvalue weighted by molar-refractivity contribution is 5.17. The molecule has 118 valence electrons. The molecule has 0 spiro atoms. The normalized spacial score (nSPS) is 22.3. The van der Waals surface area contributed by atoms with Crippen LogP contribution in [0.1, 0.15) is 31.4 Å². The molecule has 0 saturated carbocycles. The SMILES string of the molecule is C[C@@H]1CN(CCCCO)CCN1C[C@@H](O)c1ccccc1. The van der Waals surface area contributed by atoms with E-state index in [-0.39, 0.29) is 0 Å². The molecule has 1 saturated heterocycles. The smallest absolute Gasteiger partial charge is 0.0917 e. The Morgan fingerprint density at radius 3 is 2.62 bits per heavy atom. The standard InChI is InChI=1S/C17H28N2O2/c1-15-13-18(9-5-6-12-20)10-11-19(15)14-17(21)16-7-3-2-4-8-16/h2-4,7-8,15,17,20-21H,5-6,9-14H2,1H3/t15-,17-/m1/s1. The molecule has 0 aliphatic carbocycles. The molecule has 1 aromatic carbocycles. The lowest BCUT2D eigenvalue weighted by molar-refractivity contribution is 0.0380. The molecule has 4 nitrogen and oxygen atoms in total. The van der Waals surface area contributed by atoms with Gasteiger partial charge in [0.15, 0.2) is 0 Å².